The number of amides is 1. The van der Waals surface area contributed by atoms with Crippen LogP contribution in [0.1, 0.15) is 26.4 Å². The van der Waals surface area contributed by atoms with Crippen LogP contribution < -0.4 is 14.8 Å². The minimum absolute atomic E-state index is 0.0838. The van der Waals surface area contributed by atoms with Gasteiger partial charge in [-0.1, -0.05) is 18.2 Å². The first-order valence-electron chi connectivity index (χ1n) is 9.88. The molecular formula is C25H21N3O4. The van der Waals surface area contributed by atoms with Gasteiger partial charge in [0, 0.05) is 16.8 Å². The van der Waals surface area contributed by atoms with Crippen LogP contribution in [0.4, 0.5) is 5.69 Å². The van der Waals surface area contributed by atoms with Crippen LogP contribution in [-0.2, 0) is 0 Å². The average Bonchev–Trinajstić information content (AvgIpc) is 3.29. The van der Waals surface area contributed by atoms with E-state index >= 15 is 0 Å². The number of H-pyrrole nitrogens is 1. The molecule has 32 heavy (non-hydrogen) atoms. The maximum atomic E-state index is 13.5. The van der Waals surface area contributed by atoms with Crippen LogP contribution in [-0.4, -0.2) is 36.1 Å². The number of hydrogen-bond acceptors (Lipinski definition) is 5. The lowest BCUT2D eigenvalue weighted by atomic mass is 9.97. The molecule has 0 unspecified atom stereocenters. The quantitative estimate of drug-likeness (QED) is 0.421. The van der Waals surface area contributed by atoms with Gasteiger partial charge in [0.2, 0.25) is 0 Å². The number of ketones is 1. The van der Waals surface area contributed by atoms with Gasteiger partial charge in [0.15, 0.2) is 5.78 Å². The number of carbonyl (C=O) groups is 2. The van der Waals surface area contributed by atoms with Gasteiger partial charge in [-0.2, -0.15) is 5.10 Å². The molecule has 0 radical (unpaired) electrons. The predicted molar refractivity (Wildman–Crippen MR) is 121 cm³/mol. The molecule has 0 fully saturated rings. The fraction of sp³-hybridized carbons (Fsp3) is 0.0800. The van der Waals surface area contributed by atoms with Crippen molar-refractivity contribution in [3.05, 3.63) is 95.7 Å². The minimum Gasteiger partial charge on any atom is -0.497 e. The third-order valence-electron chi connectivity index (χ3n) is 4.97. The molecule has 160 valence electrons. The summed E-state index contributed by atoms with van der Waals surface area (Å²) in [5, 5.41) is 9.87. The summed E-state index contributed by atoms with van der Waals surface area (Å²) in [4.78, 5) is 26.5. The zero-order valence-corrected chi connectivity index (χ0v) is 17.6. The van der Waals surface area contributed by atoms with Gasteiger partial charge in [-0.15, -0.1) is 0 Å². The van der Waals surface area contributed by atoms with E-state index in [2.05, 4.69) is 15.5 Å². The highest BCUT2D eigenvalue weighted by Gasteiger charge is 2.27. The average molecular weight is 427 g/mol. The number of ether oxygens (including phenoxy) is 2. The van der Waals surface area contributed by atoms with Crippen LogP contribution in [0.25, 0.3) is 11.3 Å². The highest BCUT2D eigenvalue weighted by molar-refractivity contribution is 6.19. The van der Waals surface area contributed by atoms with E-state index in [4.69, 9.17) is 9.47 Å². The molecule has 0 aliphatic heterocycles. The predicted octanol–water partition coefficient (Wildman–Crippen LogP) is 4.58. The first kappa shape index (κ1) is 20.9. The largest absolute Gasteiger partial charge is 0.497 e. The summed E-state index contributed by atoms with van der Waals surface area (Å²) in [6.07, 6.45) is 0. The van der Waals surface area contributed by atoms with Crippen LogP contribution in [0, 0.1) is 0 Å². The first-order valence-corrected chi connectivity index (χ1v) is 9.88. The number of nitrogens with one attached hydrogen (secondary N) is 2. The third-order valence-corrected chi connectivity index (χ3v) is 4.97. The van der Waals surface area contributed by atoms with Gasteiger partial charge in [0.25, 0.3) is 5.91 Å². The lowest BCUT2D eigenvalue weighted by molar-refractivity contribution is 0.0994. The molecule has 1 heterocycles. The highest BCUT2D eigenvalue weighted by Crippen LogP contribution is 2.29. The maximum absolute atomic E-state index is 13.5. The molecular weight excluding hydrogens is 406 g/mol. The van der Waals surface area contributed by atoms with Crippen molar-refractivity contribution in [1.29, 1.82) is 0 Å². The fourth-order valence-corrected chi connectivity index (χ4v) is 3.29. The normalized spacial score (nSPS) is 10.4. The Morgan fingerprint density at radius 2 is 1.41 bits per heavy atom. The van der Waals surface area contributed by atoms with Gasteiger partial charge in [-0.25, -0.2) is 0 Å². The van der Waals surface area contributed by atoms with Gasteiger partial charge < -0.3 is 14.8 Å². The number of methoxy groups -OCH3 is 2. The zero-order chi connectivity index (χ0) is 22.5. The number of aromatic nitrogens is 2. The molecule has 3 aromatic carbocycles. The topological polar surface area (TPSA) is 93.3 Å². The number of para-hydroxylation sites is 1. The van der Waals surface area contributed by atoms with Crippen LogP contribution in [0.5, 0.6) is 11.5 Å². The first-order chi connectivity index (χ1) is 15.6. The zero-order valence-electron chi connectivity index (χ0n) is 17.6. The van der Waals surface area contributed by atoms with E-state index in [0.717, 1.165) is 0 Å². The van der Waals surface area contributed by atoms with Gasteiger partial charge in [0.1, 0.15) is 22.9 Å². The van der Waals surface area contributed by atoms with E-state index in [0.29, 0.717) is 34.0 Å². The third kappa shape index (κ3) is 4.22. The molecule has 1 amide bonds. The number of hydrogen-bond donors (Lipinski definition) is 2. The van der Waals surface area contributed by atoms with E-state index < -0.39 is 5.91 Å². The van der Waals surface area contributed by atoms with Gasteiger partial charge >= 0.3 is 0 Å². The Kier molecular flexibility index (Phi) is 5.98. The molecule has 7 nitrogen and oxygen atoms in total. The Bertz CT molecular complexity index is 1230. The summed E-state index contributed by atoms with van der Waals surface area (Å²) in [6.45, 7) is 0. The summed E-state index contributed by atoms with van der Waals surface area (Å²) < 4.78 is 10.4. The molecule has 0 spiro atoms. The molecule has 0 saturated heterocycles. The van der Waals surface area contributed by atoms with Crippen molar-refractivity contribution in [3.8, 4) is 22.8 Å². The summed E-state index contributed by atoms with van der Waals surface area (Å²) in [5.74, 6) is 0.520. The summed E-state index contributed by atoms with van der Waals surface area (Å²) in [6, 6.07) is 22.9. The van der Waals surface area contributed by atoms with Crippen molar-refractivity contribution in [2.75, 3.05) is 19.5 Å². The molecule has 1 aromatic heterocycles. The van der Waals surface area contributed by atoms with Crippen LogP contribution in [0.2, 0.25) is 0 Å². The Morgan fingerprint density at radius 1 is 0.812 bits per heavy atom. The van der Waals surface area contributed by atoms with Crippen molar-refractivity contribution < 1.29 is 19.1 Å². The van der Waals surface area contributed by atoms with E-state index in [9.17, 15) is 9.59 Å². The molecule has 2 N–H and O–H groups in total. The molecule has 0 atom stereocenters. The molecule has 0 bridgehead atoms. The molecule has 4 aromatic rings. The number of carbonyl (C=O) groups excluding carboxylic acids is 2. The van der Waals surface area contributed by atoms with Crippen LogP contribution in [0.15, 0.2) is 78.9 Å². The van der Waals surface area contributed by atoms with Crippen LogP contribution in [0.3, 0.4) is 0 Å². The maximum Gasteiger partial charge on any atom is 0.274 e. The monoisotopic (exact) mass is 427 g/mol. The summed E-state index contributed by atoms with van der Waals surface area (Å²) in [7, 11) is 3.13. The number of rotatable bonds is 7. The van der Waals surface area contributed by atoms with Crippen LogP contribution >= 0.6 is 0 Å². The number of anilines is 1. The molecule has 0 aliphatic rings. The number of nitrogens with zero attached hydrogens (tertiary/aromatic N) is 1. The highest BCUT2D eigenvalue weighted by atomic mass is 16.5. The Balaban J connectivity index is 1.78. The van der Waals surface area contributed by atoms with Crippen molar-refractivity contribution in [3.63, 3.8) is 0 Å². The summed E-state index contributed by atoms with van der Waals surface area (Å²) in [5.41, 5.74) is 2.36. The fourth-order valence-electron chi connectivity index (χ4n) is 3.29. The van der Waals surface area contributed by atoms with Crippen molar-refractivity contribution >= 4 is 17.4 Å². The molecule has 7 heteroatoms. The van der Waals surface area contributed by atoms with E-state index in [1.165, 1.54) is 0 Å². The second-order valence-electron chi connectivity index (χ2n) is 6.93. The van der Waals surface area contributed by atoms with Crippen molar-refractivity contribution in [1.82, 2.24) is 10.2 Å². The van der Waals surface area contributed by atoms with E-state index in [1.54, 1.807) is 74.9 Å². The van der Waals surface area contributed by atoms with Gasteiger partial charge in [0.05, 0.1) is 19.8 Å². The second kappa shape index (κ2) is 9.18. The minimum atomic E-state index is -0.458. The number of benzene rings is 3. The lowest BCUT2D eigenvalue weighted by Gasteiger charge is -2.08. The summed E-state index contributed by atoms with van der Waals surface area (Å²) >= 11 is 0. The SMILES string of the molecule is COc1ccc(C(=O)c2c(-c3ccc(OC)cc3)n[nH]c2C(=O)Nc2ccccc2)cc1. The lowest BCUT2D eigenvalue weighted by Crippen LogP contribution is -2.17. The molecule has 0 saturated carbocycles. The smallest absolute Gasteiger partial charge is 0.274 e. The standard InChI is InChI=1S/C25H21N3O4/c1-31-19-12-8-16(9-13-19)22-21(24(29)17-10-14-20(32-2)15-11-17)23(28-27-22)25(30)26-18-6-4-3-5-7-18/h3-15H,1-2H3,(H,26,30)(H,27,28). The van der Waals surface area contributed by atoms with E-state index in [1.807, 2.05) is 18.2 Å². The van der Waals surface area contributed by atoms with Crippen molar-refractivity contribution in [2.45, 2.75) is 0 Å². The van der Waals surface area contributed by atoms with Gasteiger partial charge in [-0.3, -0.25) is 14.7 Å². The Hall–Kier alpha value is -4.39. The van der Waals surface area contributed by atoms with E-state index in [-0.39, 0.29) is 17.0 Å². The Labute approximate surface area is 185 Å². The number of aromatic amines is 1. The molecule has 0 aliphatic carbocycles. The van der Waals surface area contributed by atoms with Gasteiger partial charge in [-0.05, 0) is 60.7 Å². The van der Waals surface area contributed by atoms with Crippen molar-refractivity contribution in [2.24, 2.45) is 0 Å². The second-order valence-corrected chi connectivity index (χ2v) is 6.93. The molecule has 4 rings (SSSR count). The Morgan fingerprint density at radius 3 is 2.00 bits per heavy atom.